The quantitative estimate of drug-likeness (QED) is 0.865. The number of nitrogens with zero attached hydrogens (tertiary/aromatic N) is 1. The van der Waals surface area contributed by atoms with Gasteiger partial charge in [-0.25, -0.2) is 0 Å². The Morgan fingerprint density at radius 2 is 2.15 bits per heavy atom. The van der Waals surface area contributed by atoms with E-state index in [4.69, 9.17) is 0 Å². The zero-order valence-electron chi connectivity index (χ0n) is 12.0. The van der Waals surface area contributed by atoms with Crippen molar-refractivity contribution in [2.45, 2.75) is 25.8 Å². The molecule has 2 heterocycles. The van der Waals surface area contributed by atoms with Gasteiger partial charge in [0.15, 0.2) is 0 Å². The summed E-state index contributed by atoms with van der Waals surface area (Å²) in [5.74, 6) is 0.0861. The second-order valence-electron chi connectivity index (χ2n) is 5.67. The predicted octanol–water partition coefficient (Wildman–Crippen LogP) is 1.16. The lowest BCUT2D eigenvalue weighted by Crippen LogP contribution is -2.34. The molecule has 4 nitrogen and oxygen atoms in total. The first-order chi connectivity index (χ1) is 9.84. The van der Waals surface area contributed by atoms with Gasteiger partial charge in [-0.05, 0) is 56.1 Å². The van der Waals surface area contributed by atoms with Gasteiger partial charge in [-0.2, -0.15) is 0 Å². The lowest BCUT2D eigenvalue weighted by atomic mass is 9.95. The van der Waals surface area contributed by atoms with Crippen molar-refractivity contribution in [2.24, 2.45) is 0 Å². The van der Waals surface area contributed by atoms with Gasteiger partial charge in [0.1, 0.15) is 0 Å². The third kappa shape index (κ3) is 3.02. The molecule has 0 unspecified atom stereocenters. The number of fused-ring (bicyclic) bond motifs is 1. The normalized spacial score (nSPS) is 18.8. The van der Waals surface area contributed by atoms with Gasteiger partial charge >= 0.3 is 0 Å². The molecule has 1 aromatic carbocycles. The molecule has 0 saturated carbocycles. The Hall–Kier alpha value is -1.39. The number of nitrogens with one attached hydrogen (secondary N) is 2. The number of hydrogen-bond donors (Lipinski definition) is 2. The van der Waals surface area contributed by atoms with Crippen LogP contribution in [0.5, 0.6) is 0 Å². The molecule has 1 fully saturated rings. The maximum Gasteiger partial charge on any atom is 0.251 e. The van der Waals surface area contributed by atoms with Crippen molar-refractivity contribution in [1.29, 1.82) is 0 Å². The topological polar surface area (TPSA) is 44.4 Å². The van der Waals surface area contributed by atoms with E-state index in [9.17, 15) is 4.79 Å². The van der Waals surface area contributed by atoms with Crippen molar-refractivity contribution in [3.8, 4) is 0 Å². The molecule has 1 amide bonds. The number of rotatable bonds is 4. The van der Waals surface area contributed by atoms with E-state index in [-0.39, 0.29) is 5.91 Å². The van der Waals surface area contributed by atoms with Crippen molar-refractivity contribution >= 4 is 5.91 Å². The minimum atomic E-state index is 0.0861. The van der Waals surface area contributed by atoms with Gasteiger partial charge in [0.2, 0.25) is 0 Å². The third-order valence-corrected chi connectivity index (χ3v) is 4.30. The summed E-state index contributed by atoms with van der Waals surface area (Å²) in [5, 5.41) is 6.42. The number of carbonyl (C=O) groups is 1. The molecule has 1 saturated heterocycles. The molecule has 4 heteroatoms. The predicted molar refractivity (Wildman–Crippen MR) is 79.9 cm³/mol. The SMILES string of the molecule is O=C(NCCN1CCCC1)c1cccc2c1CCNC2. The van der Waals surface area contributed by atoms with Gasteiger partial charge in [0.25, 0.3) is 5.91 Å². The Balaban J connectivity index is 1.59. The van der Waals surface area contributed by atoms with Gasteiger partial charge in [-0.3, -0.25) is 4.79 Å². The molecule has 0 aromatic heterocycles. The smallest absolute Gasteiger partial charge is 0.251 e. The highest BCUT2D eigenvalue weighted by Gasteiger charge is 2.17. The minimum Gasteiger partial charge on any atom is -0.351 e. The van der Waals surface area contributed by atoms with Gasteiger partial charge in [-0.1, -0.05) is 12.1 Å². The first kappa shape index (κ1) is 13.6. The van der Waals surface area contributed by atoms with Crippen LogP contribution in [0.2, 0.25) is 0 Å². The van der Waals surface area contributed by atoms with E-state index < -0.39 is 0 Å². The summed E-state index contributed by atoms with van der Waals surface area (Å²) >= 11 is 0. The van der Waals surface area contributed by atoms with Crippen LogP contribution < -0.4 is 10.6 Å². The van der Waals surface area contributed by atoms with Crippen molar-refractivity contribution in [1.82, 2.24) is 15.5 Å². The Kier molecular flexibility index (Phi) is 4.33. The Morgan fingerprint density at radius 1 is 1.30 bits per heavy atom. The minimum absolute atomic E-state index is 0.0861. The van der Waals surface area contributed by atoms with E-state index in [1.54, 1.807) is 0 Å². The van der Waals surface area contributed by atoms with Gasteiger partial charge in [0.05, 0.1) is 0 Å². The van der Waals surface area contributed by atoms with E-state index in [0.29, 0.717) is 0 Å². The highest BCUT2D eigenvalue weighted by molar-refractivity contribution is 5.96. The average Bonchev–Trinajstić information content (AvgIpc) is 3.00. The number of benzene rings is 1. The average molecular weight is 273 g/mol. The van der Waals surface area contributed by atoms with Crippen molar-refractivity contribution in [2.75, 3.05) is 32.7 Å². The van der Waals surface area contributed by atoms with Crippen LogP contribution in [0.4, 0.5) is 0 Å². The van der Waals surface area contributed by atoms with Crippen molar-refractivity contribution in [3.63, 3.8) is 0 Å². The first-order valence-corrected chi connectivity index (χ1v) is 7.66. The second kappa shape index (κ2) is 6.37. The monoisotopic (exact) mass is 273 g/mol. The van der Waals surface area contributed by atoms with E-state index >= 15 is 0 Å². The Morgan fingerprint density at radius 3 is 3.00 bits per heavy atom. The molecule has 0 atom stereocenters. The van der Waals surface area contributed by atoms with Crippen molar-refractivity contribution in [3.05, 3.63) is 34.9 Å². The largest absolute Gasteiger partial charge is 0.351 e. The van der Waals surface area contributed by atoms with E-state index in [2.05, 4.69) is 21.6 Å². The van der Waals surface area contributed by atoms with Crippen LogP contribution in [0.1, 0.15) is 34.3 Å². The highest BCUT2D eigenvalue weighted by atomic mass is 16.1. The molecule has 20 heavy (non-hydrogen) atoms. The molecule has 2 N–H and O–H groups in total. The van der Waals surface area contributed by atoms with Crippen LogP contribution in [0, 0.1) is 0 Å². The van der Waals surface area contributed by atoms with Crippen LogP contribution in [0.25, 0.3) is 0 Å². The molecule has 2 aliphatic rings. The van der Waals surface area contributed by atoms with E-state index in [1.165, 1.54) is 37.1 Å². The second-order valence-corrected chi connectivity index (χ2v) is 5.67. The summed E-state index contributed by atoms with van der Waals surface area (Å²) in [5.41, 5.74) is 3.36. The van der Waals surface area contributed by atoms with Gasteiger partial charge in [-0.15, -0.1) is 0 Å². The molecule has 0 radical (unpaired) electrons. The lowest BCUT2D eigenvalue weighted by Gasteiger charge is -2.20. The Bertz CT molecular complexity index is 481. The summed E-state index contributed by atoms with van der Waals surface area (Å²) < 4.78 is 0. The van der Waals surface area contributed by atoms with Gasteiger partial charge in [0, 0.05) is 25.2 Å². The molecule has 0 bridgehead atoms. The summed E-state index contributed by atoms with van der Waals surface area (Å²) in [7, 11) is 0. The van der Waals surface area contributed by atoms with Crippen LogP contribution in [-0.4, -0.2) is 43.5 Å². The molecule has 3 rings (SSSR count). The summed E-state index contributed by atoms with van der Waals surface area (Å²) in [4.78, 5) is 14.8. The van der Waals surface area contributed by atoms with Crippen LogP contribution in [0.15, 0.2) is 18.2 Å². The fraction of sp³-hybridized carbons (Fsp3) is 0.562. The Labute approximate surface area is 120 Å². The molecule has 2 aliphatic heterocycles. The highest BCUT2D eigenvalue weighted by Crippen LogP contribution is 2.18. The first-order valence-electron chi connectivity index (χ1n) is 7.66. The van der Waals surface area contributed by atoms with Gasteiger partial charge < -0.3 is 15.5 Å². The molecule has 0 spiro atoms. The van der Waals surface area contributed by atoms with E-state index in [1.807, 2.05) is 12.1 Å². The fourth-order valence-corrected chi connectivity index (χ4v) is 3.17. The van der Waals surface area contributed by atoms with Crippen LogP contribution in [-0.2, 0) is 13.0 Å². The number of carbonyl (C=O) groups excluding carboxylic acids is 1. The van der Waals surface area contributed by atoms with E-state index in [0.717, 1.165) is 38.2 Å². The summed E-state index contributed by atoms with van der Waals surface area (Å²) in [6, 6.07) is 6.05. The van der Waals surface area contributed by atoms with Crippen LogP contribution in [0.3, 0.4) is 0 Å². The zero-order valence-corrected chi connectivity index (χ0v) is 12.0. The zero-order chi connectivity index (χ0) is 13.8. The van der Waals surface area contributed by atoms with Crippen molar-refractivity contribution < 1.29 is 4.79 Å². The summed E-state index contributed by atoms with van der Waals surface area (Å²) in [6.07, 6.45) is 3.55. The van der Waals surface area contributed by atoms with Crippen LogP contribution >= 0.6 is 0 Å². The number of hydrogen-bond acceptors (Lipinski definition) is 3. The lowest BCUT2D eigenvalue weighted by molar-refractivity contribution is 0.0948. The number of likely N-dealkylation sites (tertiary alicyclic amines) is 1. The summed E-state index contributed by atoms with van der Waals surface area (Å²) in [6.45, 7) is 5.93. The standard InChI is InChI=1S/C16H23N3O/c20-16(18-8-11-19-9-1-2-10-19)15-5-3-4-13-12-17-7-6-14(13)15/h3-5,17H,1-2,6-12H2,(H,18,20). The maximum absolute atomic E-state index is 12.3. The molecular formula is C16H23N3O. The third-order valence-electron chi connectivity index (χ3n) is 4.30. The molecule has 108 valence electrons. The molecule has 1 aromatic rings. The maximum atomic E-state index is 12.3. The molecular weight excluding hydrogens is 250 g/mol. The molecule has 0 aliphatic carbocycles. The number of amides is 1. The fourth-order valence-electron chi connectivity index (χ4n) is 3.17.